The van der Waals surface area contributed by atoms with Gasteiger partial charge in [-0.25, -0.2) is 4.98 Å². The summed E-state index contributed by atoms with van der Waals surface area (Å²) in [5, 5.41) is 3.39. The summed E-state index contributed by atoms with van der Waals surface area (Å²) in [6, 6.07) is 12.6. The zero-order valence-corrected chi connectivity index (χ0v) is 11.7. The first-order valence-electron chi connectivity index (χ1n) is 6.85. The van der Waals surface area contributed by atoms with Crippen LogP contribution in [0, 0.1) is 0 Å². The van der Waals surface area contributed by atoms with Crippen LogP contribution in [0.5, 0.6) is 0 Å². The summed E-state index contributed by atoms with van der Waals surface area (Å²) < 4.78 is 2.28. The number of fused-ring (bicyclic) bond motifs is 1. The van der Waals surface area contributed by atoms with Crippen LogP contribution in [0.15, 0.2) is 48.8 Å². The number of anilines is 1. The SMILES string of the molecule is CC(C)n1c(CNc2ccncc2)nc2ccccc21. The van der Waals surface area contributed by atoms with Gasteiger partial charge in [0.15, 0.2) is 0 Å². The van der Waals surface area contributed by atoms with Gasteiger partial charge in [0, 0.05) is 24.1 Å². The molecule has 1 aromatic carbocycles. The third kappa shape index (κ3) is 2.37. The minimum Gasteiger partial charge on any atom is -0.378 e. The molecule has 0 unspecified atom stereocenters. The van der Waals surface area contributed by atoms with E-state index in [4.69, 9.17) is 4.98 Å². The van der Waals surface area contributed by atoms with Crippen LogP contribution >= 0.6 is 0 Å². The van der Waals surface area contributed by atoms with Crippen LogP contribution in [0.4, 0.5) is 5.69 Å². The molecular formula is C16H18N4. The number of imidazole rings is 1. The van der Waals surface area contributed by atoms with Crippen LogP contribution in [0.3, 0.4) is 0 Å². The Morgan fingerprint density at radius 2 is 1.85 bits per heavy atom. The van der Waals surface area contributed by atoms with Gasteiger partial charge in [-0.2, -0.15) is 0 Å². The lowest BCUT2D eigenvalue weighted by atomic mass is 10.3. The van der Waals surface area contributed by atoms with Crippen molar-refractivity contribution >= 4 is 16.7 Å². The van der Waals surface area contributed by atoms with Crippen LogP contribution < -0.4 is 5.32 Å². The van der Waals surface area contributed by atoms with Gasteiger partial charge in [-0.15, -0.1) is 0 Å². The number of benzene rings is 1. The predicted molar refractivity (Wildman–Crippen MR) is 81.7 cm³/mol. The Morgan fingerprint density at radius 1 is 1.10 bits per heavy atom. The molecule has 4 nitrogen and oxygen atoms in total. The van der Waals surface area contributed by atoms with E-state index in [2.05, 4.69) is 46.9 Å². The molecule has 102 valence electrons. The van der Waals surface area contributed by atoms with Crippen molar-refractivity contribution < 1.29 is 0 Å². The fraction of sp³-hybridized carbons (Fsp3) is 0.250. The number of para-hydroxylation sites is 2. The topological polar surface area (TPSA) is 42.7 Å². The molecular weight excluding hydrogens is 248 g/mol. The third-order valence-corrected chi connectivity index (χ3v) is 3.32. The smallest absolute Gasteiger partial charge is 0.129 e. The lowest BCUT2D eigenvalue weighted by Gasteiger charge is -2.13. The Labute approximate surface area is 118 Å². The fourth-order valence-corrected chi connectivity index (χ4v) is 2.45. The number of nitrogens with zero attached hydrogens (tertiary/aromatic N) is 3. The van der Waals surface area contributed by atoms with Crippen molar-refractivity contribution in [1.29, 1.82) is 0 Å². The molecule has 2 aromatic heterocycles. The second kappa shape index (κ2) is 5.33. The van der Waals surface area contributed by atoms with Crippen LogP contribution in [0.2, 0.25) is 0 Å². The summed E-state index contributed by atoms with van der Waals surface area (Å²) in [5.74, 6) is 1.05. The van der Waals surface area contributed by atoms with E-state index >= 15 is 0 Å². The Balaban J connectivity index is 1.93. The number of nitrogens with one attached hydrogen (secondary N) is 1. The number of hydrogen-bond donors (Lipinski definition) is 1. The van der Waals surface area contributed by atoms with E-state index in [1.165, 1.54) is 5.52 Å². The first-order valence-corrected chi connectivity index (χ1v) is 6.85. The minimum absolute atomic E-state index is 0.386. The average Bonchev–Trinajstić information content (AvgIpc) is 2.84. The molecule has 0 aliphatic carbocycles. The zero-order chi connectivity index (χ0) is 13.9. The van der Waals surface area contributed by atoms with Gasteiger partial charge < -0.3 is 9.88 Å². The molecule has 0 saturated carbocycles. The van der Waals surface area contributed by atoms with Crippen molar-refractivity contribution in [3.63, 3.8) is 0 Å². The van der Waals surface area contributed by atoms with E-state index in [-0.39, 0.29) is 0 Å². The van der Waals surface area contributed by atoms with Crippen LogP contribution in [-0.4, -0.2) is 14.5 Å². The number of aromatic nitrogens is 3. The van der Waals surface area contributed by atoms with Gasteiger partial charge in [-0.3, -0.25) is 4.98 Å². The highest BCUT2D eigenvalue weighted by Crippen LogP contribution is 2.21. The normalized spacial score (nSPS) is 11.2. The first kappa shape index (κ1) is 12.7. The molecule has 2 heterocycles. The van der Waals surface area contributed by atoms with Gasteiger partial charge in [0.25, 0.3) is 0 Å². The molecule has 4 heteroatoms. The zero-order valence-electron chi connectivity index (χ0n) is 11.7. The van der Waals surface area contributed by atoms with Crippen molar-refractivity contribution in [2.24, 2.45) is 0 Å². The van der Waals surface area contributed by atoms with E-state index in [9.17, 15) is 0 Å². The molecule has 0 atom stereocenters. The quantitative estimate of drug-likeness (QED) is 0.784. The molecule has 0 bridgehead atoms. The maximum atomic E-state index is 4.73. The Morgan fingerprint density at radius 3 is 2.60 bits per heavy atom. The molecule has 0 spiro atoms. The molecule has 3 aromatic rings. The summed E-state index contributed by atoms with van der Waals surface area (Å²) in [6.45, 7) is 5.07. The number of pyridine rings is 1. The first-order chi connectivity index (χ1) is 9.75. The van der Waals surface area contributed by atoms with Gasteiger partial charge in [0.05, 0.1) is 17.6 Å². The summed E-state index contributed by atoms with van der Waals surface area (Å²) in [7, 11) is 0. The maximum absolute atomic E-state index is 4.73. The van der Waals surface area contributed by atoms with Crippen LogP contribution in [0.1, 0.15) is 25.7 Å². The van der Waals surface area contributed by atoms with Gasteiger partial charge in [-0.1, -0.05) is 12.1 Å². The summed E-state index contributed by atoms with van der Waals surface area (Å²) in [4.78, 5) is 8.75. The maximum Gasteiger partial charge on any atom is 0.129 e. The van der Waals surface area contributed by atoms with Gasteiger partial charge in [0.1, 0.15) is 5.82 Å². The molecule has 1 N–H and O–H groups in total. The monoisotopic (exact) mass is 266 g/mol. The van der Waals surface area contributed by atoms with E-state index in [1.54, 1.807) is 12.4 Å². The molecule has 20 heavy (non-hydrogen) atoms. The van der Waals surface area contributed by atoms with Gasteiger partial charge in [0.2, 0.25) is 0 Å². The number of hydrogen-bond acceptors (Lipinski definition) is 3. The van der Waals surface area contributed by atoms with Crippen molar-refractivity contribution in [3.8, 4) is 0 Å². The average molecular weight is 266 g/mol. The van der Waals surface area contributed by atoms with Crippen molar-refractivity contribution in [1.82, 2.24) is 14.5 Å². The summed E-state index contributed by atoms with van der Waals surface area (Å²) in [5.41, 5.74) is 3.30. The molecule has 3 rings (SSSR count). The minimum atomic E-state index is 0.386. The lowest BCUT2D eigenvalue weighted by molar-refractivity contribution is 0.589. The van der Waals surface area contributed by atoms with Crippen molar-refractivity contribution in [3.05, 3.63) is 54.6 Å². The Bertz CT molecular complexity index is 701. The van der Waals surface area contributed by atoms with Crippen molar-refractivity contribution in [2.75, 3.05) is 5.32 Å². The largest absolute Gasteiger partial charge is 0.378 e. The summed E-state index contributed by atoms with van der Waals surface area (Å²) in [6.07, 6.45) is 3.57. The van der Waals surface area contributed by atoms with E-state index in [0.717, 1.165) is 17.0 Å². The molecule has 0 amide bonds. The predicted octanol–water partition coefficient (Wildman–Crippen LogP) is 3.62. The second-order valence-electron chi connectivity index (χ2n) is 5.07. The fourth-order valence-electron chi connectivity index (χ4n) is 2.45. The van der Waals surface area contributed by atoms with E-state index in [1.807, 2.05) is 18.2 Å². The van der Waals surface area contributed by atoms with Crippen LogP contribution in [0.25, 0.3) is 11.0 Å². The molecule has 0 aliphatic heterocycles. The van der Waals surface area contributed by atoms with Gasteiger partial charge >= 0.3 is 0 Å². The molecule has 0 fully saturated rings. The standard InChI is InChI=1S/C16H18N4/c1-12(2)20-15-6-4-3-5-14(15)19-16(20)11-18-13-7-9-17-10-8-13/h3-10,12H,11H2,1-2H3,(H,17,18). The van der Waals surface area contributed by atoms with E-state index < -0.39 is 0 Å². The molecule has 0 saturated heterocycles. The van der Waals surface area contributed by atoms with Crippen molar-refractivity contribution in [2.45, 2.75) is 26.4 Å². The van der Waals surface area contributed by atoms with Gasteiger partial charge in [-0.05, 0) is 38.1 Å². The highest BCUT2D eigenvalue weighted by Gasteiger charge is 2.12. The second-order valence-corrected chi connectivity index (χ2v) is 5.07. The molecule has 0 radical (unpaired) electrons. The lowest BCUT2D eigenvalue weighted by Crippen LogP contribution is -2.10. The van der Waals surface area contributed by atoms with Crippen LogP contribution in [-0.2, 0) is 6.54 Å². The third-order valence-electron chi connectivity index (χ3n) is 3.32. The number of rotatable bonds is 4. The highest BCUT2D eigenvalue weighted by molar-refractivity contribution is 5.76. The Hall–Kier alpha value is -2.36. The molecule has 0 aliphatic rings. The Kier molecular flexibility index (Phi) is 3.37. The summed E-state index contributed by atoms with van der Waals surface area (Å²) >= 11 is 0. The van der Waals surface area contributed by atoms with E-state index in [0.29, 0.717) is 12.6 Å². The highest BCUT2D eigenvalue weighted by atomic mass is 15.1.